The molecule has 8 nitrogen and oxygen atoms in total. The molecule has 1 fully saturated rings. The molecule has 1 heterocycles. The average Bonchev–Trinajstić information content (AvgIpc) is 3.13. The number of rotatable bonds is 8. The third kappa shape index (κ3) is 5.54. The average molecular weight is 350 g/mol. The van der Waals surface area contributed by atoms with E-state index in [0.29, 0.717) is 18.7 Å². The molecule has 0 aliphatic carbocycles. The summed E-state index contributed by atoms with van der Waals surface area (Å²) in [5.41, 5.74) is 0.714. The van der Waals surface area contributed by atoms with Gasteiger partial charge >= 0.3 is 5.97 Å². The Bertz CT molecular complexity index is 627. The van der Waals surface area contributed by atoms with Gasteiger partial charge in [0.25, 0.3) is 11.8 Å². The molecule has 0 radical (unpaired) electrons. The SMILES string of the molecule is COCCC(NC(=O)c1cccc(NC(=O)C2CCCO2)c1)C(=O)O. The molecule has 1 aromatic carbocycles. The van der Waals surface area contributed by atoms with Gasteiger partial charge in [-0.15, -0.1) is 0 Å². The molecule has 8 heteroatoms. The molecule has 2 amide bonds. The number of benzene rings is 1. The van der Waals surface area contributed by atoms with Crippen LogP contribution in [-0.4, -0.2) is 55.4 Å². The molecule has 2 unspecified atom stereocenters. The molecular weight excluding hydrogens is 328 g/mol. The van der Waals surface area contributed by atoms with E-state index in [1.54, 1.807) is 18.2 Å². The molecule has 2 rings (SSSR count). The van der Waals surface area contributed by atoms with Gasteiger partial charge in [0.2, 0.25) is 0 Å². The van der Waals surface area contributed by atoms with Gasteiger partial charge in [-0.05, 0) is 31.0 Å². The maximum absolute atomic E-state index is 12.3. The van der Waals surface area contributed by atoms with Crippen LogP contribution in [0, 0.1) is 0 Å². The first kappa shape index (κ1) is 18.9. The number of nitrogens with one attached hydrogen (secondary N) is 2. The molecule has 0 spiro atoms. The minimum absolute atomic E-state index is 0.160. The van der Waals surface area contributed by atoms with Crippen molar-refractivity contribution in [3.8, 4) is 0 Å². The Kier molecular flexibility index (Phi) is 6.91. The van der Waals surface area contributed by atoms with Crippen molar-refractivity contribution in [2.75, 3.05) is 25.6 Å². The van der Waals surface area contributed by atoms with E-state index in [1.165, 1.54) is 13.2 Å². The lowest BCUT2D eigenvalue weighted by molar-refractivity contribution is -0.139. The number of carboxylic acids is 1. The van der Waals surface area contributed by atoms with Gasteiger partial charge in [0.05, 0.1) is 0 Å². The smallest absolute Gasteiger partial charge is 0.326 e. The number of amides is 2. The van der Waals surface area contributed by atoms with Crippen LogP contribution < -0.4 is 10.6 Å². The highest BCUT2D eigenvalue weighted by molar-refractivity contribution is 5.99. The lowest BCUT2D eigenvalue weighted by Crippen LogP contribution is -2.41. The van der Waals surface area contributed by atoms with Crippen LogP contribution in [0.5, 0.6) is 0 Å². The fourth-order valence-electron chi connectivity index (χ4n) is 2.48. The zero-order valence-corrected chi connectivity index (χ0v) is 14.0. The van der Waals surface area contributed by atoms with E-state index in [1.807, 2.05) is 0 Å². The van der Waals surface area contributed by atoms with Crippen LogP contribution in [-0.2, 0) is 19.1 Å². The molecule has 0 aromatic heterocycles. The summed E-state index contributed by atoms with van der Waals surface area (Å²) in [6.45, 7) is 0.785. The summed E-state index contributed by atoms with van der Waals surface area (Å²) in [4.78, 5) is 35.5. The second-order valence-electron chi connectivity index (χ2n) is 5.72. The lowest BCUT2D eigenvalue weighted by atomic mass is 10.1. The van der Waals surface area contributed by atoms with Crippen molar-refractivity contribution < 1.29 is 29.0 Å². The second kappa shape index (κ2) is 9.14. The summed E-state index contributed by atoms with van der Waals surface area (Å²) in [5, 5.41) is 14.3. The number of hydrogen-bond acceptors (Lipinski definition) is 5. The maximum atomic E-state index is 12.3. The first-order chi connectivity index (χ1) is 12.0. The molecule has 3 N–H and O–H groups in total. The highest BCUT2D eigenvalue weighted by Gasteiger charge is 2.24. The van der Waals surface area contributed by atoms with Crippen molar-refractivity contribution in [2.45, 2.75) is 31.4 Å². The van der Waals surface area contributed by atoms with E-state index in [4.69, 9.17) is 14.6 Å². The largest absolute Gasteiger partial charge is 0.480 e. The minimum Gasteiger partial charge on any atom is -0.480 e. The Balaban J connectivity index is 2.00. The summed E-state index contributed by atoms with van der Waals surface area (Å²) in [6, 6.07) is 5.27. The molecule has 2 atom stereocenters. The van der Waals surface area contributed by atoms with E-state index >= 15 is 0 Å². The number of methoxy groups -OCH3 is 1. The van der Waals surface area contributed by atoms with Crippen LogP contribution in [0.25, 0.3) is 0 Å². The van der Waals surface area contributed by atoms with Crippen molar-refractivity contribution in [1.29, 1.82) is 0 Å². The lowest BCUT2D eigenvalue weighted by Gasteiger charge is -2.15. The molecular formula is C17H22N2O6. The van der Waals surface area contributed by atoms with Crippen molar-refractivity contribution in [3.05, 3.63) is 29.8 Å². The molecule has 1 aromatic rings. The first-order valence-electron chi connectivity index (χ1n) is 8.06. The number of hydrogen-bond donors (Lipinski definition) is 3. The summed E-state index contributed by atoms with van der Waals surface area (Å²) < 4.78 is 10.2. The third-order valence-corrected chi connectivity index (χ3v) is 3.83. The monoisotopic (exact) mass is 350 g/mol. The zero-order chi connectivity index (χ0) is 18.2. The normalized spacial score (nSPS) is 17.7. The van der Waals surface area contributed by atoms with E-state index in [-0.39, 0.29) is 24.5 Å². The summed E-state index contributed by atoms with van der Waals surface area (Å²) >= 11 is 0. The van der Waals surface area contributed by atoms with E-state index < -0.39 is 24.0 Å². The molecule has 0 saturated carbocycles. The number of aliphatic carboxylic acids is 1. The fourth-order valence-corrected chi connectivity index (χ4v) is 2.48. The molecule has 136 valence electrons. The molecule has 1 aliphatic rings. The highest BCUT2D eigenvalue weighted by Crippen LogP contribution is 2.16. The van der Waals surface area contributed by atoms with Gasteiger partial charge in [-0.2, -0.15) is 0 Å². The van der Waals surface area contributed by atoms with E-state index in [9.17, 15) is 14.4 Å². The van der Waals surface area contributed by atoms with Gasteiger partial charge in [-0.1, -0.05) is 6.07 Å². The Morgan fingerprint density at radius 1 is 1.40 bits per heavy atom. The summed E-state index contributed by atoms with van der Waals surface area (Å²) in [7, 11) is 1.46. The summed E-state index contributed by atoms with van der Waals surface area (Å²) in [5.74, 6) is -1.91. The van der Waals surface area contributed by atoms with Crippen LogP contribution in [0.3, 0.4) is 0 Å². The molecule has 25 heavy (non-hydrogen) atoms. The number of anilines is 1. The third-order valence-electron chi connectivity index (χ3n) is 3.83. The van der Waals surface area contributed by atoms with Gasteiger partial charge in [0.1, 0.15) is 12.1 Å². The quantitative estimate of drug-likeness (QED) is 0.645. The fraction of sp³-hybridized carbons (Fsp3) is 0.471. The van der Waals surface area contributed by atoms with Crippen LogP contribution in [0.15, 0.2) is 24.3 Å². The van der Waals surface area contributed by atoms with Gasteiger partial charge < -0.3 is 25.2 Å². The van der Waals surface area contributed by atoms with Crippen molar-refractivity contribution in [3.63, 3.8) is 0 Å². The predicted molar refractivity (Wildman–Crippen MR) is 89.4 cm³/mol. The van der Waals surface area contributed by atoms with E-state index in [0.717, 1.165) is 6.42 Å². The molecule has 1 saturated heterocycles. The van der Waals surface area contributed by atoms with Crippen LogP contribution >= 0.6 is 0 Å². The number of ether oxygens (including phenoxy) is 2. The van der Waals surface area contributed by atoms with Gasteiger partial charge in [0, 0.05) is 38.0 Å². The zero-order valence-electron chi connectivity index (χ0n) is 14.0. The number of carbonyl (C=O) groups excluding carboxylic acids is 2. The minimum atomic E-state index is -1.13. The van der Waals surface area contributed by atoms with Crippen LogP contribution in [0.4, 0.5) is 5.69 Å². The molecule has 0 bridgehead atoms. The number of carbonyl (C=O) groups is 3. The maximum Gasteiger partial charge on any atom is 0.326 e. The second-order valence-corrected chi connectivity index (χ2v) is 5.72. The van der Waals surface area contributed by atoms with Crippen LogP contribution in [0.1, 0.15) is 29.6 Å². The Labute approximate surface area is 145 Å². The molecule has 1 aliphatic heterocycles. The van der Waals surface area contributed by atoms with Crippen molar-refractivity contribution in [1.82, 2.24) is 5.32 Å². The van der Waals surface area contributed by atoms with E-state index in [2.05, 4.69) is 10.6 Å². The van der Waals surface area contributed by atoms with Gasteiger partial charge in [0.15, 0.2) is 0 Å². The van der Waals surface area contributed by atoms with Crippen LogP contribution in [0.2, 0.25) is 0 Å². The first-order valence-corrected chi connectivity index (χ1v) is 8.06. The predicted octanol–water partition coefficient (Wildman–Crippen LogP) is 1.02. The van der Waals surface area contributed by atoms with Crippen molar-refractivity contribution >= 4 is 23.5 Å². The van der Waals surface area contributed by atoms with Crippen molar-refractivity contribution in [2.24, 2.45) is 0 Å². The van der Waals surface area contributed by atoms with Gasteiger partial charge in [-0.25, -0.2) is 4.79 Å². The standard InChI is InChI=1S/C17H22N2O6/c1-24-9-7-13(17(22)23)19-15(20)11-4-2-5-12(10-11)18-16(21)14-6-3-8-25-14/h2,4-5,10,13-14H,3,6-9H2,1H3,(H,18,21)(H,19,20)(H,22,23). The summed E-state index contributed by atoms with van der Waals surface area (Å²) in [6.07, 6.45) is 1.21. The Hall–Kier alpha value is -2.45. The Morgan fingerprint density at radius 3 is 2.84 bits per heavy atom. The topological polar surface area (TPSA) is 114 Å². The van der Waals surface area contributed by atoms with Gasteiger partial charge in [-0.3, -0.25) is 9.59 Å². The Morgan fingerprint density at radius 2 is 2.20 bits per heavy atom. The number of carboxylic acid groups (broad SMARTS) is 1. The highest BCUT2D eigenvalue weighted by atomic mass is 16.5.